The maximum atomic E-state index is 2.58. The number of pyridine rings is 2. The van der Waals surface area contributed by atoms with Crippen molar-refractivity contribution in [3.63, 3.8) is 0 Å². The number of aryl methyl sites for hydroxylation is 3. The Morgan fingerprint density at radius 3 is 2.23 bits per heavy atom. The minimum absolute atomic E-state index is 1.32. The third-order valence-corrected chi connectivity index (χ3v) is 11.8. The Bertz CT molecular complexity index is 1700. The fraction of sp³-hybridized carbons (Fsp3) is 0.250. The summed E-state index contributed by atoms with van der Waals surface area (Å²) in [6.07, 6.45) is 2.25. The number of nitrogens with zero attached hydrogens (tertiary/aromatic N) is 2. The predicted molar refractivity (Wildman–Crippen MR) is 137 cm³/mol. The number of aromatic nitrogens is 2. The first-order chi connectivity index (χ1) is 14.7. The normalized spacial score (nSPS) is 13.0. The molecule has 0 saturated carbocycles. The van der Waals surface area contributed by atoms with Crippen molar-refractivity contribution in [3.05, 3.63) is 65.4 Å². The van der Waals surface area contributed by atoms with E-state index in [0.717, 1.165) is 0 Å². The van der Waals surface area contributed by atoms with Crippen molar-refractivity contribution in [2.45, 2.75) is 38.0 Å². The molecule has 0 unspecified atom stereocenters. The molecule has 154 valence electrons. The van der Waals surface area contributed by atoms with E-state index in [1.807, 2.05) is 0 Å². The summed E-state index contributed by atoms with van der Waals surface area (Å²) in [6.45, 7) is 6.90. The monoisotopic (exact) mass is 467 g/mol. The number of rotatable bonds is 1. The Morgan fingerprint density at radius 2 is 1.48 bits per heavy atom. The standard InChI is InChI=1S/C28H29GeN2/c1-16-17(2)24-21-10-8-9-11-22(21)31-23-15-20(29(4,5)6)14-19-12-13-30(7)27(26(19)23)25(18(16)3)28(24)31/h8-15H,1-7H3/q+1. The van der Waals surface area contributed by atoms with Crippen LogP contribution >= 0.6 is 0 Å². The molecule has 0 atom stereocenters. The summed E-state index contributed by atoms with van der Waals surface area (Å²) in [5.41, 5.74) is 9.66. The van der Waals surface area contributed by atoms with Gasteiger partial charge >= 0.3 is 186 Å². The fourth-order valence-corrected chi connectivity index (χ4v) is 8.05. The Labute approximate surface area is 185 Å². The third-order valence-electron chi connectivity index (χ3n) is 7.55. The molecule has 31 heavy (non-hydrogen) atoms. The van der Waals surface area contributed by atoms with Crippen molar-refractivity contribution < 1.29 is 4.57 Å². The van der Waals surface area contributed by atoms with E-state index < -0.39 is 13.3 Å². The van der Waals surface area contributed by atoms with Crippen molar-refractivity contribution in [3.8, 4) is 0 Å². The van der Waals surface area contributed by atoms with E-state index in [1.54, 1.807) is 4.40 Å². The second-order valence-electron chi connectivity index (χ2n) is 10.3. The van der Waals surface area contributed by atoms with Gasteiger partial charge in [0.15, 0.2) is 0 Å². The third kappa shape index (κ3) is 2.32. The second-order valence-corrected chi connectivity index (χ2v) is 21.0. The van der Waals surface area contributed by atoms with Gasteiger partial charge in [-0.2, -0.15) is 0 Å². The molecule has 0 amide bonds. The number of para-hydroxylation sites is 1. The van der Waals surface area contributed by atoms with E-state index in [-0.39, 0.29) is 0 Å². The molecule has 6 aromatic rings. The predicted octanol–water partition coefficient (Wildman–Crippen LogP) is 6.28. The molecule has 2 nitrogen and oxygen atoms in total. The first-order valence-corrected chi connectivity index (χ1v) is 18.5. The zero-order valence-electron chi connectivity index (χ0n) is 19.5. The van der Waals surface area contributed by atoms with Gasteiger partial charge in [-0.05, 0) is 0 Å². The molecule has 0 bridgehead atoms. The summed E-state index contributed by atoms with van der Waals surface area (Å²) in [4.78, 5) is 0. The molecular formula is C28H29GeN2+. The van der Waals surface area contributed by atoms with Gasteiger partial charge in [0.1, 0.15) is 0 Å². The number of hydrogen-bond donors (Lipinski definition) is 0. The molecular weight excluding hydrogens is 437 g/mol. The Kier molecular flexibility index (Phi) is 3.71. The quantitative estimate of drug-likeness (QED) is 0.117. The van der Waals surface area contributed by atoms with Crippen LogP contribution in [0.1, 0.15) is 16.7 Å². The van der Waals surface area contributed by atoms with E-state index in [1.165, 1.54) is 65.7 Å². The zero-order chi connectivity index (χ0) is 21.8. The van der Waals surface area contributed by atoms with Gasteiger partial charge in [0.05, 0.1) is 0 Å². The Balaban J connectivity index is 2.11. The molecule has 0 radical (unpaired) electrons. The van der Waals surface area contributed by atoms with Gasteiger partial charge in [0, 0.05) is 0 Å². The molecule has 0 aliphatic carbocycles. The van der Waals surface area contributed by atoms with Crippen LogP contribution in [0.2, 0.25) is 17.3 Å². The molecule has 0 aliphatic rings. The molecule has 3 aromatic carbocycles. The minimum atomic E-state index is -2.03. The Hall–Kier alpha value is -2.59. The fourth-order valence-electron chi connectivity index (χ4n) is 5.62. The molecule has 3 heteroatoms. The number of benzene rings is 3. The van der Waals surface area contributed by atoms with Crippen molar-refractivity contribution >= 4 is 66.7 Å². The zero-order valence-corrected chi connectivity index (χ0v) is 21.6. The average Bonchev–Trinajstić information content (AvgIpc) is 3.08. The van der Waals surface area contributed by atoms with E-state index in [0.29, 0.717) is 0 Å². The van der Waals surface area contributed by atoms with Gasteiger partial charge in [-0.1, -0.05) is 0 Å². The molecule has 0 aliphatic heterocycles. The first-order valence-electron chi connectivity index (χ1n) is 11.2. The Morgan fingerprint density at radius 1 is 0.774 bits per heavy atom. The van der Waals surface area contributed by atoms with Crippen molar-refractivity contribution in [1.82, 2.24) is 4.40 Å². The molecule has 3 heterocycles. The van der Waals surface area contributed by atoms with Crippen LogP contribution in [0.3, 0.4) is 0 Å². The molecule has 0 saturated heterocycles. The first kappa shape index (κ1) is 19.1. The van der Waals surface area contributed by atoms with Crippen LogP contribution in [0.5, 0.6) is 0 Å². The van der Waals surface area contributed by atoms with Crippen LogP contribution < -0.4 is 8.96 Å². The number of hydrogen-bond acceptors (Lipinski definition) is 0. The van der Waals surface area contributed by atoms with Crippen LogP contribution in [0.4, 0.5) is 0 Å². The summed E-state index contributed by atoms with van der Waals surface area (Å²) < 4.78 is 6.48. The average molecular weight is 466 g/mol. The maximum absolute atomic E-state index is 2.58. The van der Waals surface area contributed by atoms with Crippen LogP contribution in [-0.2, 0) is 7.05 Å². The van der Waals surface area contributed by atoms with Crippen LogP contribution in [0.15, 0.2) is 48.7 Å². The van der Waals surface area contributed by atoms with Gasteiger partial charge in [-0.25, -0.2) is 0 Å². The van der Waals surface area contributed by atoms with Crippen molar-refractivity contribution in [1.29, 1.82) is 0 Å². The second kappa shape index (κ2) is 6.01. The van der Waals surface area contributed by atoms with E-state index in [2.05, 4.69) is 103 Å². The van der Waals surface area contributed by atoms with Gasteiger partial charge in [-0.3, -0.25) is 0 Å². The van der Waals surface area contributed by atoms with E-state index in [4.69, 9.17) is 0 Å². The summed E-state index contributed by atoms with van der Waals surface area (Å²) in [6, 6.07) is 16.3. The van der Waals surface area contributed by atoms with Gasteiger partial charge in [0.2, 0.25) is 0 Å². The molecule has 0 spiro atoms. The van der Waals surface area contributed by atoms with Gasteiger partial charge in [-0.15, -0.1) is 0 Å². The molecule has 0 fully saturated rings. The summed E-state index contributed by atoms with van der Waals surface area (Å²) in [5.74, 6) is 7.49. The SMILES string of the molecule is Cc1c(C)c2c3ccccc3n3c4c[c]([Ge]([CH3])([CH3])[CH3])cc5cc[n+](C)c(c(c1C)c23)c54. The summed E-state index contributed by atoms with van der Waals surface area (Å²) >= 11 is -2.03. The van der Waals surface area contributed by atoms with Crippen LogP contribution in [-0.4, -0.2) is 17.7 Å². The molecule has 6 rings (SSSR count). The van der Waals surface area contributed by atoms with Crippen molar-refractivity contribution in [2.24, 2.45) is 7.05 Å². The molecule has 3 aromatic heterocycles. The van der Waals surface area contributed by atoms with Gasteiger partial charge < -0.3 is 0 Å². The van der Waals surface area contributed by atoms with E-state index in [9.17, 15) is 0 Å². The van der Waals surface area contributed by atoms with Gasteiger partial charge in [0.25, 0.3) is 0 Å². The number of fused-ring (bicyclic) bond motifs is 5. The van der Waals surface area contributed by atoms with Crippen LogP contribution in [0.25, 0.3) is 49.0 Å². The van der Waals surface area contributed by atoms with Crippen molar-refractivity contribution in [2.75, 3.05) is 0 Å². The van der Waals surface area contributed by atoms with Crippen LogP contribution in [0, 0.1) is 20.8 Å². The summed E-state index contributed by atoms with van der Waals surface area (Å²) in [5, 5.41) is 6.95. The molecule has 0 N–H and O–H groups in total. The topological polar surface area (TPSA) is 8.29 Å². The summed E-state index contributed by atoms with van der Waals surface area (Å²) in [7, 11) is 2.20. The van der Waals surface area contributed by atoms with E-state index >= 15 is 0 Å².